The monoisotopic (exact) mass is 254 g/mol. The maximum atomic E-state index is 11.7. The molecule has 0 aromatic rings. The molecule has 2 atom stereocenters. The summed E-state index contributed by atoms with van der Waals surface area (Å²) >= 11 is 0. The highest BCUT2D eigenvalue weighted by molar-refractivity contribution is 5.76. The zero-order valence-electron chi connectivity index (χ0n) is 12.5. The summed E-state index contributed by atoms with van der Waals surface area (Å²) in [5.41, 5.74) is 0.0963. The van der Waals surface area contributed by atoms with Crippen molar-refractivity contribution in [1.29, 1.82) is 0 Å². The highest BCUT2D eigenvalue weighted by atomic mass is 16.1. The second kappa shape index (κ2) is 7.13. The summed E-state index contributed by atoms with van der Waals surface area (Å²) in [6.07, 6.45) is 5.83. The largest absolute Gasteiger partial charge is 0.356 e. The molecule has 2 unspecified atom stereocenters. The third-order valence-electron chi connectivity index (χ3n) is 3.64. The standard InChI is InChI=1S/C15H30N2O/c1-12-6-5-7-13(10-12)11-16-14(18)8-9-17-15(2,3)4/h12-13,17H,5-11H2,1-4H3,(H,16,18). The van der Waals surface area contributed by atoms with E-state index in [2.05, 4.69) is 38.3 Å². The summed E-state index contributed by atoms with van der Waals surface area (Å²) in [6, 6.07) is 0. The van der Waals surface area contributed by atoms with Crippen molar-refractivity contribution in [2.75, 3.05) is 13.1 Å². The van der Waals surface area contributed by atoms with E-state index in [4.69, 9.17) is 0 Å². The number of carbonyl (C=O) groups is 1. The van der Waals surface area contributed by atoms with Gasteiger partial charge < -0.3 is 10.6 Å². The second-order valence-corrected chi connectivity index (χ2v) is 6.87. The van der Waals surface area contributed by atoms with Crippen molar-refractivity contribution >= 4 is 5.91 Å². The van der Waals surface area contributed by atoms with Gasteiger partial charge in [-0.05, 0) is 45.4 Å². The summed E-state index contributed by atoms with van der Waals surface area (Å²) in [5.74, 6) is 1.72. The molecule has 2 N–H and O–H groups in total. The van der Waals surface area contributed by atoms with Gasteiger partial charge in [-0.2, -0.15) is 0 Å². The number of hydrogen-bond acceptors (Lipinski definition) is 2. The normalized spacial score (nSPS) is 24.9. The van der Waals surface area contributed by atoms with Crippen LogP contribution in [0.3, 0.4) is 0 Å². The molecule has 0 heterocycles. The molecule has 0 bridgehead atoms. The Hall–Kier alpha value is -0.570. The number of nitrogens with one attached hydrogen (secondary N) is 2. The summed E-state index contributed by atoms with van der Waals surface area (Å²) in [5, 5.41) is 6.42. The lowest BCUT2D eigenvalue weighted by Gasteiger charge is -2.27. The first-order valence-electron chi connectivity index (χ1n) is 7.38. The maximum absolute atomic E-state index is 11.7. The fourth-order valence-electron chi connectivity index (χ4n) is 2.64. The average Bonchev–Trinajstić information content (AvgIpc) is 2.25. The van der Waals surface area contributed by atoms with Crippen LogP contribution in [0.25, 0.3) is 0 Å². The molecule has 0 aromatic heterocycles. The van der Waals surface area contributed by atoms with Gasteiger partial charge in [-0.1, -0.05) is 19.8 Å². The van der Waals surface area contributed by atoms with Gasteiger partial charge in [0.05, 0.1) is 0 Å². The van der Waals surface area contributed by atoms with E-state index < -0.39 is 0 Å². The van der Waals surface area contributed by atoms with Crippen molar-refractivity contribution in [3.8, 4) is 0 Å². The first kappa shape index (κ1) is 15.5. The molecule has 0 aromatic carbocycles. The van der Waals surface area contributed by atoms with E-state index in [-0.39, 0.29) is 11.4 Å². The van der Waals surface area contributed by atoms with Crippen molar-refractivity contribution < 1.29 is 4.79 Å². The number of hydrogen-bond donors (Lipinski definition) is 2. The fourth-order valence-corrected chi connectivity index (χ4v) is 2.64. The quantitative estimate of drug-likeness (QED) is 0.792. The predicted molar refractivity (Wildman–Crippen MR) is 76.5 cm³/mol. The van der Waals surface area contributed by atoms with Gasteiger partial charge in [0, 0.05) is 25.0 Å². The first-order chi connectivity index (χ1) is 8.37. The molecule has 0 radical (unpaired) electrons. The van der Waals surface area contributed by atoms with Gasteiger partial charge in [0.15, 0.2) is 0 Å². The molecule has 0 aliphatic heterocycles. The number of carbonyl (C=O) groups excluding carboxylic acids is 1. The second-order valence-electron chi connectivity index (χ2n) is 6.87. The third kappa shape index (κ3) is 7.00. The molecule has 1 fully saturated rings. The Morgan fingerprint density at radius 2 is 2.00 bits per heavy atom. The van der Waals surface area contributed by atoms with E-state index in [0.29, 0.717) is 12.3 Å². The summed E-state index contributed by atoms with van der Waals surface area (Å²) < 4.78 is 0. The highest BCUT2D eigenvalue weighted by Gasteiger charge is 2.19. The fraction of sp³-hybridized carbons (Fsp3) is 0.933. The van der Waals surface area contributed by atoms with Crippen molar-refractivity contribution in [2.24, 2.45) is 11.8 Å². The average molecular weight is 254 g/mol. The van der Waals surface area contributed by atoms with Crippen LogP contribution in [0, 0.1) is 11.8 Å². The Morgan fingerprint density at radius 3 is 2.61 bits per heavy atom. The zero-order valence-corrected chi connectivity index (χ0v) is 12.5. The Morgan fingerprint density at radius 1 is 1.28 bits per heavy atom. The van der Waals surface area contributed by atoms with Crippen LogP contribution < -0.4 is 10.6 Å². The van der Waals surface area contributed by atoms with Gasteiger partial charge in [-0.25, -0.2) is 0 Å². The molecule has 3 heteroatoms. The molecule has 1 aliphatic rings. The predicted octanol–water partition coefficient (Wildman–Crippen LogP) is 2.71. The van der Waals surface area contributed by atoms with E-state index in [1.54, 1.807) is 0 Å². The van der Waals surface area contributed by atoms with Gasteiger partial charge in [0.1, 0.15) is 0 Å². The molecular formula is C15H30N2O. The van der Waals surface area contributed by atoms with E-state index in [1.807, 2.05) is 0 Å². The zero-order chi connectivity index (χ0) is 13.6. The lowest BCUT2D eigenvalue weighted by molar-refractivity contribution is -0.121. The molecule has 18 heavy (non-hydrogen) atoms. The lowest BCUT2D eigenvalue weighted by atomic mass is 9.82. The van der Waals surface area contributed by atoms with Gasteiger partial charge >= 0.3 is 0 Å². The highest BCUT2D eigenvalue weighted by Crippen LogP contribution is 2.27. The molecule has 0 saturated heterocycles. The van der Waals surface area contributed by atoms with Crippen LogP contribution in [0.5, 0.6) is 0 Å². The SMILES string of the molecule is CC1CCCC(CNC(=O)CCNC(C)(C)C)C1. The van der Waals surface area contributed by atoms with Crippen LogP contribution in [-0.2, 0) is 4.79 Å². The van der Waals surface area contributed by atoms with Crippen molar-refractivity contribution in [3.05, 3.63) is 0 Å². The summed E-state index contributed by atoms with van der Waals surface area (Å²) in [4.78, 5) is 11.7. The molecule has 1 rings (SSSR count). The molecule has 1 saturated carbocycles. The van der Waals surface area contributed by atoms with E-state index in [1.165, 1.54) is 25.7 Å². The van der Waals surface area contributed by atoms with Crippen LogP contribution in [0.1, 0.15) is 59.8 Å². The molecule has 1 aliphatic carbocycles. The topological polar surface area (TPSA) is 41.1 Å². The van der Waals surface area contributed by atoms with Crippen LogP contribution in [0.15, 0.2) is 0 Å². The third-order valence-corrected chi connectivity index (χ3v) is 3.64. The van der Waals surface area contributed by atoms with E-state index in [0.717, 1.165) is 19.0 Å². The Bertz CT molecular complexity index is 258. The van der Waals surface area contributed by atoms with Gasteiger partial charge in [0.25, 0.3) is 0 Å². The van der Waals surface area contributed by atoms with Crippen molar-refractivity contribution in [2.45, 2.75) is 65.3 Å². The van der Waals surface area contributed by atoms with E-state index >= 15 is 0 Å². The minimum absolute atomic E-state index is 0.0963. The van der Waals surface area contributed by atoms with Crippen LogP contribution in [0.2, 0.25) is 0 Å². The molecule has 106 valence electrons. The number of amides is 1. The Kier molecular flexibility index (Phi) is 6.13. The molecule has 0 spiro atoms. The molecule has 1 amide bonds. The van der Waals surface area contributed by atoms with E-state index in [9.17, 15) is 4.79 Å². The summed E-state index contributed by atoms with van der Waals surface area (Å²) in [7, 11) is 0. The smallest absolute Gasteiger partial charge is 0.221 e. The van der Waals surface area contributed by atoms with Crippen LogP contribution in [-0.4, -0.2) is 24.5 Å². The van der Waals surface area contributed by atoms with Gasteiger partial charge in [-0.3, -0.25) is 4.79 Å². The van der Waals surface area contributed by atoms with Crippen molar-refractivity contribution in [1.82, 2.24) is 10.6 Å². The van der Waals surface area contributed by atoms with Gasteiger partial charge in [0.2, 0.25) is 5.91 Å². The molecule has 3 nitrogen and oxygen atoms in total. The molecular weight excluding hydrogens is 224 g/mol. The lowest BCUT2D eigenvalue weighted by Crippen LogP contribution is -2.39. The summed E-state index contributed by atoms with van der Waals surface area (Å²) in [6.45, 7) is 10.3. The Labute approximate surface area is 112 Å². The number of rotatable bonds is 5. The van der Waals surface area contributed by atoms with Crippen LogP contribution >= 0.6 is 0 Å². The van der Waals surface area contributed by atoms with Crippen molar-refractivity contribution in [3.63, 3.8) is 0 Å². The van der Waals surface area contributed by atoms with Crippen LogP contribution in [0.4, 0.5) is 0 Å². The Balaban J connectivity index is 2.09. The minimum atomic E-state index is 0.0963. The first-order valence-corrected chi connectivity index (χ1v) is 7.38. The van der Waals surface area contributed by atoms with Gasteiger partial charge in [-0.15, -0.1) is 0 Å². The maximum Gasteiger partial charge on any atom is 0.221 e. The minimum Gasteiger partial charge on any atom is -0.356 e.